The van der Waals surface area contributed by atoms with Gasteiger partial charge in [0.15, 0.2) is 5.11 Å². The minimum absolute atomic E-state index is 0.160. The molecular formula is C28H26N4O2S. The van der Waals surface area contributed by atoms with Gasteiger partial charge in [-0.3, -0.25) is 4.98 Å². The van der Waals surface area contributed by atoms with E-state index in [1.54, 1.807) is 12.3 Å². The van der Waals surface area contributed by atoms with Gasteiger partial charge in [0, 0.05) is 29.5 Å². The lowest BCUT2D eigenvalue weighted by Gasteiger charge is -2.29. The summed E-state index contributed by atoms with van der Waals surface area (Å²) in [6.45, 7) is 2.15. The standard InChI is InChI=1S/C28H26N4O2S/c1-3-19-12-14-21(15-13-19)32-26(25(30-28(32)35)23-10-4-5-16-29-23)24-11-7-17-31(24)22-9-6-8-20(18-22)27(33)34-2/h4-18,25-26H,3H2,1-2H3,(H,30,35)/t25-,26+/m0/s1. The van der Waals surface area contributed by atoms with E-state index in [1.165, 1.54) is 12.7 Å². The van der Waals surface area contributed by atoms with Crippen LogP contribution >= 0.6 is 12.2 Å². The van der Waals surface area contributed by atoms with Gasteiger partial charge in [0.1, 0.15) is 6.04 Å². The number of pyridine rings is 1. The van der Waals surface area contributed by atoms with E-state index in [4.69, 9.17) is 17.0 Å². The fourth-order valence-corrected chi connectivity index (χ4v) is 4.94. The van der Waals surface area contributed by atoms with Crippen molar-refractivity contribution in [1.29, 1.82) is 0 Å². The van der Waals surface area contributed by atoms with E-state index < -0.39 is 0 Å². The van der Waals surface area contributed by atoms with Crippen molar-refractivity contribution in [3.05, 3.63) is 114 Å². The molecule has 2 aromatic heterocycles. The number of anilines is 1. The summed E-state index contributed by atoms with van der Waals surface area (Å²) in [6, 6.07) is 25.6. The first-order valence-corrected chi connectivity index (χ1v) is 12.0. The Balaban J connectivity index is 1.64. The van der Waals surface area contributed by atoms with Gasteiger partial charge in [-0.1, -0.05) is 31.2 Å². The van der Waals surface area contributed by atoms with Gasteiger partial charge in [-0.2, -0.15) is 0 Å². The number of hydrogen-bond donors (Lipinski definition) is 1. The summed E-state index contributed by atoms with van der Waals surface area (Å²) >= 11 is 5.86. The monoisotopic (exact) mass is 482 g/mol. The van der Waals surface area contributed by atoms with Gasteiger partial charge in [-0.25, -0.2) is 4.79 Å². The fourth-order valence-electron chi connectivity index (χ4n) is 4.60. The highest BCUT2D eigenvalue weighted by Crippen LogP contribution is 2.42. The number of rotatable bonds is 6. The summed E-state index contributed by atoms with van der Waals surface area (Å²) in [5.74, 6) is -0.367. The molecule has 1 saturated heterocycles. The molecule has 0 aliphatic carbocycles. The first kappa shape index (κ1) is 22.8. The molecule has 1 aliphatic rings. The molecule has 35 heavy (non-hydrogen) atoms. The van der Waals surface area contributed by atoms with Crippen LogP contribution in [-0.4, -0.2) is 27.7 Å². The number of nitrogens with one attached hydrogen (secondary N) is 1. The summed E-state index contributed by atoms with van der Waals surface area (Å²) in [7, 11) is 1.39. The van der Waals surface area contributed by atoms with Crippen molar-refractivity contribution in [2.24, 2.45) is 0 Å². The molecule has 1 aliphatic heterocycles. The predicted octanol–water partition coefficient (Wildman–Crippen LogP) is 5.40. The first-order valence-electron chi connectivity index (χ1n) is 11.6. The van der Waals surface area contributed by atoms with Gasteiger partial charge in [-0.15, -0.1) is 0 Å². The summed E-state index contributed by atoms with van der Waals surface area (Å²) in [6.07, 6.45) is 4.78. The lowest BCUT2D eigenvalue weighted by Crippen LogP contribution is -2.30. The van der Waals surface area contributed by atoms with E-state index in [2.05, 4.69) is 57.0 Å². The summed E-state index contributed by atoms with van der Waals surface area (Å²) in [5, 5.41) is 4.15. The van der Waals surface area contributed by atoms with Crippen LogP contribution in [0.1, 0.15) is 46.3 Å². The van der Waals surface area contributed by atoms with Gasteiger partial charge in [-0.05, 0) is 78.8 Å². The van der Waals surface area contributed by atoms with E-state index >= 15 is 0 Å². The second-order valence-corrected chi connectivity index (χ2v) is 8.75. The normalized spacial score (nSPS) is 17.3. The number of nitrogens with zero attached hydrogens (tertiary/aromatic N) is 3. The highest BCUT2D eigenvalue weighted by Gasteiger charge is 2.42. The van der Waals surface area contributed by atoms with Gasteiger partial charge in [0.25, 0.3) is 0 Å². The van der Waals surface area contributed by atoms with Gasteiger partial charge in [0.05, 0.1) is 24.4 Å². The van der Waals surface area contributed by atoms with Crippen molar-refractivity contribution in [1.82, 2.24) is 14.9 Å². The number of methoxy groups -OCH3 is 1. The Kier molecular flexibility index (Phi) is 6.33. The number of thiocarbonyl (C=S) groups is 1. The van der Waals surface area contributed by atoms with Crippen molar-refractivity contribution >= 4 is 29.0 Å². The molecule has 0 radical (unpaired) electrons. The molecule has 1 fully saturated rings. The van der Waals surface area contributed by atoms with Gasteiger partial charge < -0.3 is 19.5 Å². The van der Waals surface area contributed by atoms with Gasteiger partial charge >= 0.3 is 5.97 Å². The third-order valence-electron chi connectivity index (χ3n) is 6.35. The second-order valence-electron chi connectivity index (χ2n) is 8.36. The molecule has 4 aromatic rings. The minimum atomic E-state index is -0.367. The van der Waals surface area contributed by atoms with Crippen LogP contribution in [-0.2, 0) is 11.2 Å². The van der Waals surface area contributed by atoms with Crippen LogP contribution < -0.4 is 10.2 Å². The third-order valence-corrected chi connectivity index (χ3v) is 6.66. The third kappa shape index (κ3) is 4.31. The van der Waals surface area contributed by atoms with E-state index in [0.717, 1.165) is 29.2 Å². The molecule has 1 N–H and O–H groups in total. The Bertz CT molecular complexity index is 1350. The zero-order valence-electron chi connectivity index (χ0n) is 19.6. The average molecular weight is 483 g/mol. The molecule has 2 aromatic carbocycles. The van der Waals surface area contributed by atoms with Crippen LogP contribution in [0.4, 0.5) is 5.69 Å². The Hall–Kier alpha value is -3.97. The molecule has 7 heteroatoms. The number of aryl methyl sites for hydroxylation is 1. The van der Waals surface area contributed by atoms with Crippen LogP contribution in [0, 0.1) is 0 Å². The largest absolute Gasteiger partial charge is 0.465 e. The van der Waals surface area contributed by atoms with Crippen LogP contribution in [0.5, 0.6) is 0 Å². The maximum Gasteiger partial charge on any atom is 0.337 e. The molecule has 0 amide bonds. The summed E-state index contributed by atoms with van der Waals surface area (Å²) in [4.78, 5) is 19.0. The van der Waals surface area contributed by atoms with Crippen LogP contribution in [0.25, 0.3) is 5.69 Å². The zero-order chi connectivity index (χ0) is 24.4. The maximum absolute atomic E-state index is 12.2. The molecule has 5 rings (SSSR count). The molecular weight excluding hydrogens is 456 g/mol. The molecule has 2 atom stereocenters. The minimum Gasteiger partial charge on any atom is -0.465 e. The summed E-state index contributed by atoms with van der Waals surface area (Å²) < 4.78 is 7.02. The Morgan fingerprint density at radius 2 is 1.86 bits per heavy atom. The highest BCUT2D eigenvalue weighted by atomic mass is 32.1. The smallest absolute Gasteiger partial charge is 0.337 e. The molecule has 3 heterocycles. The van der Waals surface area contributed by atoms with Crippen LogP contribution in [0.3, 0.4) is 0 Å². The highest BCUT2D eigenvalue weighted by molar-refractivity contribution is 7.80. The molecule has 0 unspecified atom stereocenters. The fraction of sp³-hybridized carbons (Fsp3) is 0.179. The first-order chi connectivity index (χ1) is 17.1. The Morgan fingerprint density at radius 1 is 1.03 bits per heavy atom. The molecule has 0 spiro atoms. The maximum atomic E-state index is 12.2. The molecule has 176 valence electrons. The van der Waals surface area contributed by atoms with Crippen molar-refractivity contribution in [2.45, 2.75) is 25.4 Å². The quantitative estimate of drug-likeness (QED) is 0.293. The van der Waals surface area contributed by atoms with E-state index in [1.807, 2.05) is 48.7 Å². The van der Waals surface area contributed by atoms with Crippen molar-refractivity contribution in [2.75, 3.05) is 12.0 Å². The van der Waals surface area contributed by atoms with Crippen molar-refractivity contribution < 1.29 is 9.53 Å². The number of esters is 1. The van der Waals surface area contributed by atoms with E-state index in [0.29, 0.717) is 10.7 Å². The SMILES string of the molecule is CCc1ccc(N2C(=S)N[C@@H](c3ccccn3)[C@H]2c2cccn2-c2cccc(C(=O)OC)c2)cc1. The Labute approximate surface area is 210 Å². The zero-order valence-corrected chi connectivity index (χ0v) is 20.4. The van der Waals surface area contributed by atoms with E-state index in [9.17, 15) is 4.79 Å². The lowest BCUT2D eigenvalue weighted by atomic mass is 10.0. The van der Waals surface area contributed by atoms with Crippen molar-refractivity contribution in [3.63, 3.8) is 0 Å². The number of ether oxygens (including phenoxy) is 1. The number of hydrogen-bond acceptors (Lipinski definition) is 4. The van der Waals surface area contributed by atoms with Crippen molar-refractivity contribution in [3.8, 4) is 5.69 Å². The molecule has 0 bridgehead atoms. The van der Waals surface area contributed by atoms with Crippen LogP contribution in [0.2, 0.25) is 0 Å². The second kappa shape index (κ2) is 9.72. The van der Waals surface area contributed by atoms with Gasteiger partial charge in [0.2, 0.25) is 0 Å². The Morgan fingerprint density at radius 3 is 2.57 bits per heavy atom. The number of aromatic nitrogens is 2. The number of carbonyl (C=O) groups is 1. The topological polar surface area (TPSA) is 59.4 Å². The predicted molar refractivity (Wildman–Crippen MR) is 141 cm³/mol. The number of benzene rings is 2. The summed E-state index contributed by atoms with van der Waals surface area (Å²) in [5.41, 5.74) is 5.58. The van der Waals surface area contributed by atoms with Crippen LogP contribution in [0.15, 0.2) is 91.3 Å². The average Bonchev–Trinajstić information content (AvgIpc) is 3.53. The number of carbonyl (C=O) groups excluding carboxylic acids is 1. The molecule has 6 nitrogen and oxygen atoms in total. The lowest BCUT2D eigenvalue weighted by molar-refractivity contribution is 0.0600. The van der Waals surface area contributed by atoms with E-state index in [-0.39, 0.29) is 18.1 Å². The molecule has 0 saturated carbocycles.